The number of piperidine rings is 1. The van der Waals surface area contributed by atoms with Crippen molar-refractivity contribution >= 4 is 5.78 Å². The minimum atomic E-state index is -0.158. The molecule has 0 radical (unpaired) electrons. The van der Waals surface area contributed by atoms with E-state index in [1.54, 1.807) is 0 Å². The van der Waals surface area contributed by atoms with Crippen LogP contribution in [0.3, 0.4) is 0 Å². The van der Waals surface area contributed by atoms with Gasteiger partial charge in [-0.25, -0.2) is 0 Å². The zero-order valence-electron chi connectivity index (χ0n) is 10.9. The molecule has 3 heteroatoms. The van der Waals surface area contributed by atoms with Crippen molar-refractivity contribution < 1.29 is 4.79 Å². The molecule has 3 fully saturated rings. The minimum absolute atomic E-state index is 0.158. The highest BCUT2D eigenvalue weighted by Crippen LogP contribution is 2.55. The molecule has 5 rings (SSSR count). The normalized spacial score (nSPS) is 46.0. The average molecular weight is 254 g/mol. The fourth-order valence-corrected chi connectivity index (χ4v) is 5.26. The number of benzene rings is 1. The molecule has 1 spiro atoms. The van der Waals surface area contributed by atoms with Crippen LogP contribution >= 0.6 is 0 Å². The molecular formula is C16H18N2O. The largest absolute Gasteiger partial charge is 0.314 e. The van der Waals surface area contributed by atoms with E-state index in [4.69, 9.17) is 0 Å². The van der Waals surface area contributed by atoms with Crippen LogP contribution in [-0.2, 0) is 11.3 Å². The molecule has 4 aliphatic heterocycles. The van der Waals surface area contributed by atoms with Gasteiger partial charge in [-0.3, -0.25) is 9.69 Å². The molecule has 19 heavy (non-hydrogen) atoms. The first-order chi connectivity index (χ1) is 9.30. The van der Waals surface area contributed by atoms with Gasteiger partial charge in [0.25, 0.3) is 0 Å². The van der Waals surface area contributed by atoms with E-state index in [-0.39, 0.29) is 5.54 Å². The van der Waals surface area contributed by atoms with Crippen molar-refractivity contribution in [1.29, 1.82) is 0 Å². The van der Waals surface area contributed by atoms with Gasteiger partial charge in [-0.05, 0) is 23.5 Å². The number of Topliss-reactive ketones (excluding diaryl/α,β-unsaturated/α-hetero) is 1. The second-order valence-corrected chi connectivity index (χ2v) is 6.62. The van der Waals surface area contributed by atoms with E-state index in [0.717, 1.165) is 26.1 Å². The van der Waals surface area contributed by atoms with E-state index in [1.165, 1.54) is 17.5 Å². The third kappa shape index (κ3) is 1.07. The fraction of sp³-hybridized carbons (Fsp3) is 0.562. The zero-order valence-corrected chi connectivity index (χ0v) is 10.9. The number of carbonyl (C=O) groups excluding carboxylic acids is 1. The first-order valence-corrected chi connectivity index (χ1v) is 7.39. The number of rotatable bonds is 0. The maximum atomic E-state index is 12.8. The van der Waals surface area contributed by atoms with Crippen molar-refractivity contribution in [1.82, 2.24) is 10.2 Å². The summed E-state index contributed by atoms with van der Waals surface area (Å²) in [6, 6.07) is 9.36. The van der Waals surface area contributed by atoms with Crippen molar-refractivity contribution in [2.75, 3.05) is 13.1 Å². The third-order valence-electron chi connectivity index (χ3n) is 6.05. The maximum absolute atomic E-state index is 12.8. The second kappa shape index (κ2) is 3.28. The van der Waals surface area contributed by atoms with Crippen LogP contribution in [0.5, 0.6) is 0 Å². The summed E-state index contributed by atoms with van der Waals surface area (Å²) in [6.07, 6.45) is 1.97. The highest BCUT2D eigenvalue weighted by molar-refractivity contribution is 5.92. The summed E-state index contributed by atoms with van der Waals surface area (Å²) in [6.45, 7) is 2.88. The Bertz CT molecular complexity index is 584. The SMILES string of the molecule is O=C1C[C@@H]2c3ccccc3CN3[C@@H]2C[C@@H]2CNC[C@@]123. The number of nitrogens with one attached hydrogen (secondary N) is 1. The maximum Gasteiger partial charge on any atom is 0.155 e. The van der Waals surface area contributed by atoms with Gasteiger partial charge in [0.15, 0.2) is 5.78 Å². The summed E-state index contributed by atoms with van der Waals surface area (Å²) in [4.78, 5) is 15.3. The number of hydrogen-bond donors (Lipinski definition) is 1. The van der Waals surface area contributed by atoms with Gasteiger partial charge in [0.1, 0.15) is 0 Å². The lowest BCUT2D eigenvalue weighted by atomic mass is 9.74. The van der Waals surface area contributed by atoms with Gasteiger partial charge in [-0.2, -0.15) is 0 Å². The Labute approximate surface area is 113 Å². The van der Waals surface area contributed by atoms with Gasteiger partial charge in [0.05, 0.1) is 5.54 Å². The molecule has 1 unspecified atom stereocenters. The summed E-state index contributed by atoms with van der Waals surface area (Å²) >= 11 is 0. The molecule has 4 bridgehead atoms. The Morgan fingerprint density at radius 1 is 1.32 bits per heavy atom. The van der Waals surface area contributed by atoms with Crippen molar-refractivity contribution in [3.8, 4) is 0 Å². The smallest absolute Gasteiger partial charge is 0.155 e. The number of carbonyl (C=O) groups is 1. The molecule has 4 aliphatic rings. The lowest BCUT2D eigenvalue weighted by Crippen LogP contribution is -2.62. The molecule has 0 aromatic heterocycles. The Morgan fingerprint density at radius 3 is 3.16 bits per heavy atom. The van der Waals surface area contributed by atoms with Gasteiger partial charge in [-0.15, -0.1) is 0 Å². The van der Waals surface area contributed by atoms with Gasteiger partial charge in [-0.1, -0.05) is 24.3 Å². The van der Waals surface area contributed by atoms with Crippen LogP contribution in [0.25, 0.3) is 0 Å². The topological polar surface area (TPSA) is 32.3 Å². The standard InChI is InChI=1S/C16H18N2O/c19-15-6-13-12-4-2-1-3-10(12)8-18-14(13)5-11-7-17-9-16(11,15)18/h1-4,11,13-14,17H,5-9H2/t11-,13-,14-,16+/m1/s1. The molecule has 0 aliphatic carbocycles. The van der Waals surface area contributed by atoms with E-state index in [2.05, 4.69) is 34.5 Å². The highest BCUT2D eigenvalue weighted by atomic mass is 16.1. The summed E-state index contributed by atoms with van der Waals surface area (Å²) in [5.74, 6) is 1.49. The molecule has 98 valence electrons. The number of nitrogens with zero attached hydrogens (tertiary/aromatic N) is 1. The summed E-state index contributed by atoms with van der Waals surface area (Å²) in [5, 5.41) is 3.47. The summed E-state index contributed by atoms with van der Waals surface area (Å²) in [7, 11) is 0. The molecule has 0 saturated carbocycles. The molecule has 1 aromatic rings. The number of ketones is 1. The van der Waals surface area contributed by atoms with Gasteiger partial charge in [0.2, 0.25) is 0 Å². The molecule has 1 N–H and O–H groups in total. The van der Waals surface area contributed by atoms with Crippen LogP contribution in [-0.4, -0.2) is 35.4 Å². The van der Waals surface area contributed by atoms with Gasteiger partial charge >= 0.3 is 0 Å². The summed E-state index contributed by atoms with van der Waals surface area (Å²) in [5.41, 5.74) is 2.73. The molecule has 4 heterocycles. The second-order valence-electron chi connectivity index (χ2n) is 6.62. The van der Waals surface area contributed by atoms with Crippen LogP contribution in [0.2, 0.25) is 0 Å². The van der Waals surface area contributed by atoms with Gasteiger partial charge < -0.3 is 5.32 Å². The lowest BCUT2D eigenvalue weighted by Gasteiger charge is -2.50. The first-order valence-electron chi connectivity index (χ1n) is 7.39. The van der Waals surface area contributed by atoms with Crippen LogP contribution in [0, 0.1) is 5.92 Å². The van der Waals surface area contributed by atoms with Crippen molar-refractivity contribution in [2.24, 2.45) is 5.92 Å². The Kier molecular flexibility index (Phi) is 1.82. The van der Waals surface area contributed by atoms with Crippen LogP contribution in [0.4, 0.5) is 0 Å². The van der Waals surface area contributed by atoms with Gasteiger partial charge in [0, 0.05) is 38.0 Å². The van der Waals surface area contributed by atoms with Crippen molar-refractivity contribution in [3.63, 3.8) is 0 Å². The number of hydrogen-bond acceptors (Lipinski definition) is 3. The predicted molar refractivity (Wildman–Crippen MR) is 71.8 cm³/mol. The van der Waals surface area contributed by atoms with Crippen LogP contribution < -0.4 is 5.32 Å². The lowest BCUT2D eigenvalue weighted by molar-refractivity contribution is -0.136. The van der Waals surface area contributed by atoms with Crippen molar-refractivity contribution in [3.05, 3.63) is 35.4 Å². The molecule has 3 saturated heterocycles. The first kappa shape index (κ1) is 10.6. The van der Waals surface area contributed by atoms with E-state index >= 15 is 0 Å². The number of fused-ring (bicyclic) bond motifs is 2. The van der Waals surface area contributed by atoms with E-state index in [1.807, 2.05) is 0 Å². The monoisotopic (exact) mass is 254 g/mol. The molecule has 5 atom stereocenters. The quantitative estimate of drug-likeness (QED) is 0.757. The minimum Gasteiger partial charge on any atom is -0.314 e. The third-order valence-corrected chi connectivity index (χ3v) is 6.05. The molecule has 1 aromatic carbocycles. The zero-order chi connectivity index (χ0) is 12.6. The van der Waals surface area contributed by atoms with Crippen LogP contribution in [0.1, 0.15) is 29.9 Å². The molecular weight excluding hydrogens is 236 g/mol. The Balaban J connectivity index is 1.72. The Morgan fingerprint density at radius 2 is 2.21 bits per heavy atom. The molecule has 0 amide bonds. The summed E-state index contributed by atoms with van der Waals surface area (Å²) < 4.78 is 0. The van der Waals surface area contributed by atoms with E-state index < -0.39 is 0 Å². The van der Waals surface area contributed by atoms with E-state index in [9.17, 15) is 4.79 Å². The average Bonchev–Trinajstić information content (AvgIpc) is 2.92. The molecule has 3 nitrogen and oxygen atoms in total. The highest BCUT2D eigenvalue weighted by Gasteiger charge is 2.65. The fourth-order valence-electron chi connectivity index (χ4n) is 5.26. The van der Waals surface area contributed by atoms with Crippen LogP contribution in [0.15, 0.2) is 24.3 Å². The van der Waals surface area contributed by atoms with Crippen molar-refractivity contribution in [2.45, 2.75) is 36.9 Å². The Hall–Kier alpha value is -1.19. The van der Waals surface area contributed by atoms with E-state index in [0.29, 0.717) is 23.7 Å². The predicted octanol–water partition coefficient (Wildman–Crippen LogP) is 1.29.